The number of carboxylic acid groups (broad SMARTS) is 1. The minimum absolute atomic E-state index is 0.0550. The Morgan fingerprint density at radius 1 is 1.50 bits per heavy atom. The summed E-state index contributed by atoms with van der Waals surface area (Å²) < 4.78 is 1.88. The lowest BCUT2D eigenvalue weighted by Gasteiger charge is -2.05. The lowest BCUT2D eigenvalue weighted by molar-refractivity contribution is -0.137. The SMILES string of the molecule is Cc1cnc2c(c1)nc(-c1cccs1)n2CCC(=O)O. The number of carbonyl (C=O) groups is 1. The second-order valence-electron chi connectivity index (χ2n) is 4.56. The summed E-state index contributed by atoms with van der Waals surface area (Å²) in [6.07, 6.45) is 1.83. The highest BCUT2D eigenvalue weighted by Crippen LogP contribution is 2.27. The molecule has 0 amide bonds. The van der Waals surface area contributed by atoms with E-state index in [2.05, 4.69) is 9.97 Å². The largest absolute Gasteiger partial charge is 0.481 e. The Bertz CT molecular complexity index is 762. The van der Waals surface area contributed by atoms with Gasteiger partial charge in [0.2, 0.25) is 0 Å². The molecule has 3 rings (SSSR count). The van der Waals surface area contributed by atoms with Crippen molar-refractivity contribution in [1.29, 1.82) is 0 Å². The summed E-state index contributed by atoms with van der Waals surface area (Å²) in [7, 11) is 0. The normalized spacial score (nSPS) is 11.1. The van der Waals surface area contributed by atoms with Crippen LogP contribution in [0.5, 0.6) is 0 Å². The molecular weight excluding hydrogens is 274 g/mol. The standard InChI is InChI=1S/C14H13N3O2S/c1-9-7-10-13(15-8-9)17(5-4-12(18)19)14(16-10)11-3-2-6-20-11/h2-3,6-8H,4-5H2,1H3,(H,18,19). The first-order chi connectivity index (χ1) is 9.65. The predicted octanol–water partition coefficient (Wildman–Crippen LogP) is 2.94. The fourth-order valence-electron chi connectivity index (χ4n) is 2.12. The summed E-state index contributed by atoms with van der Waals surface area (Å²) in [6, 6.07) is 5.91. The van der Waals surface area contributed by atoms with E-state index in [4.69, 9.17) is 5.11 Å². The number of rotatable bonds is 4. The van der Waals surface area contributed by atoms with E-state index in [1.54, 1.807) is 17.5 Å². The number of aliphatic carboxylic acids is 1. The number of nitrogens with zero attached hydrogens (tertiary/aromatic N) is 3. The second-order valence-corrected chi connectivity index (χ2v) is 5.51. The van der Waals surface area contributed by atoms with Crippen LogP contribution in [0.3, 0.4) is 0 Å². The van der Waals surface area contributed by atoms with Gasteiger partial charge in [0.15, 0.2) is 11.5 Å². The predicted molar refractivity (Wildman–Crippen MR) is 77.8 cm³/mol. The Kier molecular flexibility index (Phi) is 3.23. The van der Waals surface area contributed by atoms with Crippen molar-refractivity contribution in [1.82, 2.24) is 14.5 Å². The minimum Gasteiger partial charge on any atom is -0.481 e. The van der Waals surface area contributed by atoms with E-state index >= 15 is 0 Å². The molecule has 20 heavy (non-hydrogen) atoms. The zero-order valence-corrected chi connectivity index (χ0v) is 11.7. The maximum absolute atomic E-state index is 10.8. The van der Waals surface area contributed by atoms with Crippen molar-refractivity contribution < 1.29 is 9.90 Å². The van der Waals surface area contributed by atoms with Gasteiger partial charge in [0.1, 0.15) is 5.52 Å². The van der Waals surface area contributed by atoms with Crippen molar-refractivity contribution in [2.24, 2.45) is 0 Å². The van der Waals surface area contributed by atoms with Crippen LogP contribution in [-0.4, -0.2) is 25.6 Å². The lowest BCUT2D eigenvalue weighted by Crippen LogP contribution is -2.06. The molecule has 0 aliphatic rings. The molecule has 1 N–H and O–H groups in total. The first-order valence-corrected chi connectivity index (χ1v) is 7.11. The van der Waals surface area contributed by atoms with Crippen LogP contribution in [0.25, 0.3) is 21.9 Å². The zero-order chi connectivity index (χ0) is 14.1. The maximum atomic E-state index is 10.8. The smallest absolute Gasteiger partial charge is 0.305 e. The van der Waals surface area contributed by atoms with Gasteiger partial charge in [0.25, 0.3) is 0 Å². The molecule has 0 spiro atoms. The summed E-state index contributed by atoms with van der Waals surface area (Å²) in [5.74, 6) is -0.0366. The van der Waals surface area contributed by atoms with Crippen LogP contribution >= 0.6 is 11.3 Å². The molecule has 5 nitrogen and oxygen atoms in total. The van der Waals surface area contributed by atoms with Gasteiger partial charge in [0, 0.05) is 12.7 Å². The van der Waals surface area contributed by atoms with E-state index in [1.807, 2.05) is 35.1 Å². The van der Waals surface area contributed by atoms with Gasteiger partial charge in [-0.2, -0.15) is 0 Å². The Hall–Kier alpha value is -2.21. The van der Waals surface area contributed by atoms with Crippen LogP contribution in [-0.2, 0) is 11.3 Å². The van der Waals surface area contributed by atoms with Gasteiger partial charge < -0.3 is 9.67 Å². The number of aryl methyl sites for hydroxylation is 2. The number of imidazole rings is 1. The number of carboxylic acids is 1. The Morgan fingerprint density at radius 3 is 3.05 bits per heavy atom. The minimum atomic E-state index is -0.823. The van der Waals surface area contributed by atoms with E-state index in [-0.39, 0.29) is 6.42 Å². The van der Waals surface area contributed by atoms with Crippen LogP contribution in [0, 0.1) is 6.92 Å². The lowest BCUT2D eigenvalue weighted by atomic mass is 10.3. The highest BCUT2D eigenvalue weighted by Gasteiger charge is 2.15. The van der Waals surface area contributed by atoms with Crippen molar-refractivity contribution in [3.8, 4) is 10.7 Å². The first-order valence-electron chi connectivity index (χ1n) is 6.23. The van der Waals surface area contributed by atoms with E-state index < -0.39 is 5.97 Å². The first kappa shape index (κ1) is 12.8. The Labute approximate surface area is 119 Å². The van der Waals surface area contributed by atoms with Crippen LogP contribution in [0.4, 0.5) is 0 Å². The van der Waals surface area contributed by atoms with E-state index in [0.717, 1.165) is 27.4 Å². The highest BCUT2D eigenvalue weighted by atomic mass is 32.1. The van der Waals surface area contributed by atoms with Gasteiger partial charge in [-0.3, -0.25) is 4.79 Å². The summed E-state index contributed by atoms with van der Waals surface area (Å²) >= 11 is 1.59. The summed E-state index contributed by atoms with van der Waals surface area (Å²) in [5, 5.41) is 10.9. The van der Waals surface area contributed by atoms with Gasteiger partial charge in [0.05, 0.1) is 11.3 Å². The number of fused-ring (bicyclic) bond motifs is 1. The third-order valence-corrected chi connectivity index (χ3v) is 3.88. The van der Waals surface area contributed by atoms with Crippen molar-refractivity contribution in [3.05, 3.63) is 35.3 Å². The highest BCUT2D eigenvalue weighted by molar-refractivity contribution is 7.13. The third kappa shape index (κ3) is 2.30. The average Bonchev–Trinajstić information content (AvgIpc) is 3.02. The number of hydrogen-bond donors (Lipinski definition) is 1. The monoisotopic (exact) mass is 287 g/mol. The molecule has 0 atom stereocenters. The van der Waals surface area contributed by atoms with Gasteiger partial charge in [-0.1, -0.05) is 6.07 Å². The molecule has 0 fully saturated rings. The number of pyridine rings is 1. The Balaban J connectivity index is 2.16. The van der Waals surface area contributed by atoms with Crippen LogP contribution in [0.1, 0.15) is 12.0 Å². The molecule has 3 heterocycles. The van der Waals surface area contributed by atoms with E-state index in [0.29, 0.717) is 6.54 Å². The fourth-order valence-corrected chi connectivity index (χ4v) is 2.85. The molecule has 0 aliphatic heterocycles. The quantitative estimate of drug-likeness (QED) is 0.801. The number of aromatic nitrogens is 3. The number of thiophene rings is 1. The average molecular weight is 287 g/mol. The summed E-state index contributed by atoms with van der Waals surface area (Å²) in [4.78, 5) is 20.9. The van der Waals surface area contributed by atoms with Crippen molar-refractivity contribution in [2.75, 3.05) is 0 Å². The zero-order valence-electron chi connectivity index (χ0n) is 10.9. The summed E-state index contributed by atoms with van der Waals surface area (Å²) in [5.41, 5.74) is 2.58. The molecule has 0 aliphatic carbocycles. The molecule has 0 saturated heterocycles. The van der Waals surface area contributed by atoms with Gasteiger partial charge in [-0.05, 0) is 30.0 Å². The number of hydrogen-bond acceptors (Lipinski definition) is 4. The van der Waals surface area contributed by atoms with Crippen molar-refractivity contribution in [3.63, 3.8) is 0 Å². The molecular formula is C14H13N3O2S. The van der Waals surface area contributed by atoms with Crippen LogP contribution < -0.4 is 0 Å². The Morgan fingerprint density at radius 2 is 2.35 bits per heavy atom. The maximum Gasteiger partial charge on any atom is 0.305 e. The molecule has 0 saturated carbocycles. The molecule has 0 unspecified atom stereocenters. The molecule has 102 valence electrons. The second kappa shape index (κ2) is 5.05. The summed E-state index contributed by atoms with van der Waals surface area (Å²) in [6.45, 7) is 2.34. The van der Waals surface area contributed by atoms with Crippen LogP contribution in [0.15, 0.2) is 29.8 Å². The van der Waals surface area contributed by atoms with Crippen LogP contribution in [0.2, 0.25) is 0 Å². The van der Waals surface area contributed by atoms with Crippen molar-refractivity contribution in [2.45, 2.75) is 19.9 Å². The molecule has 3 aromatic heterocycles. The van der Waals surface area contributed by atoms with E-state index in [9.17, 15) is 4.79 Å². The van der Waals surface area contributed by atoms with Crippen molar-refractivity contribution >= 4 is 28.5 Å². The van der Waals surface area contributed by atoms with E-state index in [1.165, 1.54) is 0 Å². The molecule has 0 aromatic carbocycles. The topological polar surface area (TPSA) is 68.0 Å². The van der Waals surface area contributed by atoms with Gasteiger partial charge >= 0.3 is 5.97 Å². The third-order valence-electron chi connectivity index (χ3n) is 3.01. The fraction of sp³-hybridized carbons (Fsp3) is 0.214. The van der Waals surface area contributed by atoms with Gasteiger partial charge in [-0.25, -0.2) is 9.97 Å². The molecule has 0 bridgehead atoms. The molecule has 3 aromatic rings. The molecule has 0 radical (unpaired) electrons. The molecule has 6 heteroatoms. The van der Waals surface area contributed by atoms with Gasteiger partial charge in [-0.15, -0.1) is 11.3 Å².